The average molecular weight is 394 g/mol. The number of likely N-dealkylation sites (N-methyl/N-ethyl adjacent to an activating group) is 1. The summed E-state index contributed by atoms with van der Waals surface area (Å²) in [5, 5.41) is 0.886. The van der Waals surface area contributed by atoms with E-state index in [1.807, 2.05) is 30.3 Å². The molecule has 1 aliphatic rings. The lowest BCUT2D eigenvalue weighted by Gasteiger charge is -2.23. The van der Waals surface area contributed by atoms with Crippen molar-refractivity contribution in [1.82, 2.24) is 4.90 Å². The summed E-state index contributed by atoms with van der Waals surface area (Å²) < 4.78 is 16.4. The Labute approximate surface area is 170 Å². The molecule has 2 heterocycles. The second kappa shape index (κ2) is 8.17. The van der Waals surface area contributed by atoms with Gasteiger partial charge < -0.3 is 23.7 Å². The summed E-state index contributed by atoms with van der Waals surface area (Å²) in [7, 11) is 5.32. The van der Waals surface area contributed by atoms with Crippen LogP contribution in [0.3, 0.4) is 0 Å². The minimum Gasteiger partial charge on any atom is -0.497 e. The van der Waals surface area contributed by atoms with E-state index in [9.17, 15) is 4.79 Å². The molecule has 0 saturated carbocycles. The number of methoxy groups -OCH3 is 2. The molecule has 29 heavy (non-hydrogen) atoms. The van der Waals surface area contributed by atoms with E-state index < -0.39 is 0 Å². The topological polar surface area (TPSA) is 55.2 Å². The molecule has 152 valence electrons. The van der Waals surface area contributed by atoms with E-state index in [0.29, 0.717) is 28.2 Å². The summed E-state index contributed by atoms with van der Waals surface area (Å²) in [6.45, 7) is 4.10. The van der Waals surface area contributed by atoms with E-state index in [1.54, 1.807) is 20.3 Å². The maximum absolute atomic E-state index is 12.7. The first kappa shape index (κ1) is 19.3. The van der Waals surface area contributed by atoms with Crippen molar-refractivity contribution >= 4 is 16.7 Å². The van der Waals surface area contributed by atoms with Crippen LogP contribution in [0.15, 0.2) is 51.7 Å². The fourth-order valence-corrected chi connectivity index (χ4v) is 3.77. The van der Waals surface area contributed by atoms with Crippen molar-refractivity contribution in [3.63, 3.8) is 0 Å². The Morgan fingerprint density at radius 1 is 0.897 bits per heavy atom. The Balaban J connectivity index is 1.72. The smallest absolute Gasteiger partial charge is 0.344 e. The highest BCUT2D eigenvalue weighted by molar-refractivity contribution is 5.85. The summed E-state index contributed by atoms with van der Waals surface area (Å²) in [5.41, 5.74) is 2.51. The molecular formula is C23H26N2O4. The third-order valence-corrected chi connectivity index (χ3v) is 5.47. The molecule has 6 heteroatoms. The van der Waals surface area contributed by atoms with Gasteiger partial charge in [-0.2, -0.15) is 0 Å². The van der Waals surface area contributed by atoms with Crippen LogP contribution in [0.25, 0.3) is 22.1 Å². The Morgan fingerprint density at radius 2 is 1.66 bits per heavy atom. The lowest BCUT2D eigenvalue weighted by molar-refractivity contribution is 0.360. The van der Waals surface area contributed by atoms with Crippen LogP contribution in [0.1, 0.15) is 6.42 Å². The van der Waals surface area contributed by atoms with Gasteiger partial charge >= 0.3 is 5.63 Å². The molecule has 0 unspecified atom stereocenters. The van der Waals surface area contributed by atoms with Crippen LogP contribution >= 0.6 is 0 Å². The van der Waals surface area contributed by atoms with Crippen LogP contribution in [0, 0.1) is 0 Å². The SMILES string of the molecule is COc1cc(OC)cc(-c2cc3ccc(N4CCCN(C)CC4)cc3oc2=O)c1. The van der Waals surface area contributed by atoms with E-state index in [-0.39, 0.29) is 5.63 Å². The molecule has 6 nitrogen and oxygen atoms in total. The van der Waals surface area contributed by atoms with E-state index >= 15 is 0 Å². The van der Waals surface area contributed by atoms with Crippen LogP contribution in [0.4, 0.5) is 5.69 Å². The number of nitrogens with zero attached hydrogens (tertiary/aromatic N) is 2. The van der Waals surface area contributed by atoms with Gasteiger partial charge in [0.15, 0.2) is 0 Å². The highest BCUT2D eigenvalue weighted by atomic mass is 16.5. The molecular weight excluding hydrogens is 368 g/mol. The van der Waals surface area contributed by atoms with Crippen molar-refractivity contribution < 1.29 is 13.9 Å². The van der Waals surface area contributed by atoms with Crippen LogP contribution < -0.4 is 20.0 Å². The zero-order valence-electron chi connectivity index (χ0n) is 17.1. The van der Waals surface area contributed by atoms with Crippen molar-refractivity contribution in [3.8, 4) is 22.6 Å². The van der Waals surface area contributed by atoms with Gasteiger partial charge in [0.05, 0.1) is 19.8 Å². The number of anilines is 1. The van der Waals surface area contributed by atoms with Crippen LogP contribution in [0.5, 0.6) is 11.5 Å². The van der Waals surface area contributed by atoms with E-state index in [1.165, 1.54) is 0 Å². The van der Waals surface area contributed by atoms with E-state index in [0.717, 1.165) is 43.7 Å². The maximum atomic E-state index is 12.7. The van der Waals surface area contributed by atoms with E-state index in [2.05, 4.69) is 22.9 Å². The molecule has 0 amide bonds. The van der Waals surface area contributed by atoms with Crippen molar-refractivity contribution in [3.05, 3.63) is 52.9 Å². The standard InChI is InChI=1S/C23H26N2O4/c1-24-7-4-8-25(10-9-24)18-6-5-16-13-21(23(26)29-22(16)14-18)17-11-19(27-2)15-20(12-17)28-3/h5-6,11-15H,4,7-10H2,1-3H3. The first-order valence-corrected chi connectivity index (χ1v) is 9.82. The fourth-order valence-electron chi connectivity index (χ4n) is 3.77. The predicted octanol–water partition coefficient (Wildman–Crippen LogP) is 3.62. The van der Waals surface area contributed by atoms with Gasteiger partial charge in [-0.25, -0.2) is 4.79 Å². The number of hydrogen-bond donors (Lipinski definition) is 0. The lowest BCUT2D eigenvalue weighted by atomic mass is 10.0. The molecule has 4 rings (SSSR count). The molecule has 0 atom stereocenters. The monoisotopic (exact) mass is 394 g/mol. The molecule has 1 aromatic heterocycles. The van der Waals surface area contributed by atoms with Gasteiger partial charge in [-0.3, -0.25) is 0 Å². The first-order chi connectivity index (χ1) is 14.1. The fraction of sp³-hybridized carbons (Fsp3) is 0.348. The van der Waals surface area contributed by atoms with E-state index in [4.69, 9.17) is 13.9 Å². The Hall–Kier alpha value is -2.99. The molecule has 0 radical (unpaired) electrons. The first-order valence-electron chi connectivity index (χ1n) is 9.82. The molecule has 2 aromatic carbocycles. The molecule has 1 saturated heterocycles. The largest absolute Gasteiger partial charge is 0.497 e. The predicted molar refractivity (Wildman–Crippen MR) is 115 cm³/mol. The van der Waals surface area contributed by atoms with Crippen LogP contribution in [-0.2, 0) is 0 Å². The second-order valence-corrected chi connectivity index (χ2v) is 7.41. The minimum atomic E-state index is -0.374. The normalized spacial score (nSPS) is 15.3. The number of fused-ring (bicyclic) bond motifs is 1. The minimum absolute atomic E-state index is 0.374. The molecule has 1 fully saturated rings. The molecule has 0 aliphatic carbocycles. The number of rotatable bonds is 4. The summed E-state index contributed by atoms with van der Waals surface area (Å²) >= 11 is 0. The van der Waals surface area contributed by atoms with Crippen molar-refractivity contribution in [2.24, 2.45) is 0 Å². The van der Waals surface area contributed by atoms with Gasteiger partial charge in [-0.1, -0.05) is 0 Å². The van der Waals surface area contributed by atoms with Gasteiger partial charge in [-0.15, -0.1) is 0 Å². The lowest BCUT2D eigenvalue weighted by Crippen LogP contribution is -2.28. The van der Waals surface area contributed by atoms with Gasteiger partial charge in [-0.05, 0) is 55.9 Å². The van der Waals surface area contributed by atoms with Crippen LogP contribution in [0.2, 0.25) is 0 Å². The molecule has 0 spiro atoms. The van der Waals surface area contributed by atoms with Gasteiger partial charge in [0, 0.05) is 42.8 Å². The highest BCUT2D eigenvalue weighted by Gasteiger charge is 2.15. The van der Waals surface area contributed by atoms with Gasteiger partial charge in [0.25, 0.3) is 0 Å². The van der Waals surface area contributed by atoms with Gasteiger partial charge in [0.2, 0.25) is 0 Å². The molecule has 0 N–H and O–H groups in total. The zero-order valence-corrected chi connectivity index (χ0v) is 17.1. The maximum Gasteiger partial charge on any atom is 0.344 e. The summed E-state index contributed by atoms with van der Waals surface area (Å²) in [4.78, 5) is 17.4. The number of benzene rings is 2. The molecule has 1 aliphatic heterocycles. The third kappa shape index (κ3) is 4.07. The quantitative estimate of drug-likeness (QED) is 0.630. The van der Waals surface area contributed by atoms with Crippen molar-refractivity contribution in [2.75, 3.05) is 52.3 Å². The molecule has 0 bridgehead atoms. The third-order valence-electron chi connectivity index (χ3n) is 5.47. The second-order valence-electron chi connectivity index (χ2n) is 7.41. The van der Waals surface area contributed by atoms with Crippen LogP contribution in [-0.4, -0.2) is 52.3 Å². The zero-order chi connectivity index (χ0) is 20.4. The highest BCUT2D eigenvalue weighted by Crippen LogP contribution is 2.30. The number of hydrogen-bond acceptors (Lipinski definition) is 6. The van der Waals surface area contributed by atoms with Crippen molar-refractivity contribution in [1.29, 1.82) is 0 Å². The average Bonchev–Trinajstić information content (AvgIpc) is 2.96. The Kier molecular flexibility index (Phi) is 5.45. The number of ether oxygens (including phenoxy) is 2. The van der Waals surface area contributed by atoms with Gasteiger partial charge in [0.1, 0.15) is 17.1 Å². The summed E-state index contributed by atoms with van der Waals surface area (Å²) in [6, 6.07) is 13.3. The Bertz CT molecular complexity index is 1050. The van der Waals surface area contributed by atoms with Crippen molar-refractivity contribution in [2.45, 2.75) is 6.42 Å². The summed E-state index contributed by atoms with van der Waals surface area (Å²) in [6.07, 6.45) is 1.12. The molecule has 3 aromatic rings. The Morgan fingerprint density at radius 3 is 2.38 bits per heavy atom. The summed E-state index contributed by atoms with van der Waals surface area (Å²) in [5.74, 6) is 1.25.